The average Bonchev–Trinajstić information content (AvgIpc) is 2.97. The van der Waals surface area contributed by atoms with Crippen LogP contribution in [0.25, 0.3) is 11.0 Å². The van der Waals surface area contributed by atoms with Gasteiger partial charge in [0, 0.05) is 6.42 Å². The number of nitrogens with zero attached hydrogens (tertiary/aromatic N) is 1. The first-order valence-electron chi connectivity index (χ1n) is 8.10. The van der Waals surface area contributed by atoms with Crippen molar-refractivity contribution >= 4 is 11.0 Å². The van der Waals surface area contributed by atoms with E-state index >= 15 is 0 Å². The van der Waals surface area contributed by atoms with Crippen LogP contribution in [0.1, 0.15) is 24.2 Å². The van der Waals surface area contributed by atoms with E-state index in [1.165, 1.54) is 12.0 Å². The molecule has 0 radical (unpaired) electrons. The Kier molecular flexibility index (Phi) is 5.22. The largest absolute Gasteiger partial charge is 0.342 e. The minimum atomic E-state index is 1.00. The van der Waals surface area contributed by atoms with Crippen LogP contribution in [0.4, 0.5) is 0 Å². The second kappa shape index (κ2) is 7.76. The van der Waals surface area contributed by atoms with E-state index in [1.54, 1.807) is 0 Å². The Balaban J connectivity index is 1.30. The summed E-state index contributed by atoms with van der Waals surface area (Å²) >= 11 is 0. The molecule has 0 spiro atoms. The first kappa shape index (κ1) is 14.8. The van der Waals surface area contributed by atoms with Crippen LogP contribution in [0.15, 0.2) is 54.6 Å². The third kappa shape index (κ3) is 4.18. The SMILES string of the molecule is c1ccc(CCCNCCCc2nc3ccccc3[nH]2)cc1. The number of aromatic amines is 1. The van der Waals surface area contributed by atoms with Crippen molar-refractivity contribution in [3.05, 3.63) is 66.0 Å². The molecule has 22 heavy (non-hydrogen) atoms. The van der Waals surface area contributed by atoms with E-state index in [9.17, 15) is 0 Å². The van der Waals surface area contributed by atoms with E-state index in [0.29, 0.717) is 0 Å². The summed E-state index contributed by atoms with van der Waals surface area (Å²) in [6.45, 7) is 2.13. The molecule has 3 aromatic rings. The normalized spacial score (nSPS) is 11.1. The highest BCUT2D eigenvalue weighted by Crippen LogP contribution is 2.11. The standard InChI is InChI=1S/C19H23N3/c1-2-8-16(9-3-1)10-6-14-20-15-7-13-19-21-17-11-4-5-12-18(17)22-19/h1-5,8-9,11-12,20H,6-7,10,13-15H2,(H,21,22). The lowest BCUT2D eigenvalue weighted by molar-refractivity contribution is 0.617. The molecule has 3 nitrogen and oxygen atoms in total. The van der Waals surface area contributed by atoms with Gasteiger partial charge in [0.2, 0.25) is 0 Å². The summed E-state index contributed by atoms with van der Waals surface area (Å²) in [4.78, 5) is 7.98. The second-order valence-corrected chi connectivity index (χ2v) is 5.64. The lowest BCUT2D eigenvalue weighted by Gasteiger charge is -2.04. The van der Waals surface area contributed by atoms with Crippen molar-refractivity contribution < 1.29 is 0 Å². The summed E-state index contributed by atoms with van der Waals surface area (Å²) in [6.07, 6.45) is 4.46. The highest BCUT2D eigenvalue weighted by molar-refractivity contribution is 5.74. The zero-order chi connectivity index (χ0) is 15.0. The molecule has 0 atom stereocenters. The summed E-state index contributed by atoms with van der Waals surface area (Å²) in [6, 6.07) is 18.9. The van der Waals surface area contributed by atoms with Crippen LogP contribution in [-0.4, -0.2) is 23.1 Å². The Hall–Kier alpha value is -2.13. The lowest BCUT2D eigenvalue weighted by atomic mass is 10.1. The summed E-state index contributed by atoms with van der Waals surface area (Å²) in [5, 5.41) is 3.52. The molecule has 0 aliphatic rings. The van der Waals surface area contributed by atoms with E-state index in [4.69, 9.17) is 0 Å². The minimum Gasteiger partial charge on any atom is -0.342 e. The number of hydrogen-bond donors (Lipinski definition) is 2. The Morgan fingerprint density at radius 1 is 0.818 bits per heavy atom. The number of aryl methyl sites for hydroxylation is 2. The van der Waals surface area contributed by atoms with Crippen molar-refractivity contribution in [2.75, 3.05) is 13.1 Å². The minimum absolute atomic E-state index is 1.00. The maximum Gasteiger partial charge on any atom is 0.107 e. The van der Waals surface area contributed by atoms with Crippen molar-refractivity contribution in [2.45, 2.75) is 25.7 Å². The van der Waals surface area contributed by atoms with Gasteiger partial charge in [0.05, 0.1) is 11.0 Å². The van der Waals surface area contributed by atoms with E-state index in [1.807, 2.05) is 12.1 Å². The molecule has 0 saturated carbocycles. The van der Waals surface area contributed by atoms with E-state index in [-0.39, 0.29) is 0 Å². The number of aromatic nitrogens is 2. The first-order valence-corrected chi connectivity index (χ1v) is 8.10. The molecular formula is C19H23N3. The van der Waals surface area contributed by atoms with Crippen LogP contribution >= 0.6 is 0 Å². The fraction of sp³-hybridized carbons (Fsp3) is 0.316. The Morgan fingerprint density at radius 2 is 1.55 bits per heavy atom. The number of imidazole rings is 1. The molecule has 3 rings (SSSR count). The van der Waals surface area contributed by atoms with Crippen molar-refractivity contribution in [2.24, 2.45) is 0 Å². The van der Waals surface area contributed by atoms with Crippen molar-refractivity contribution in [1.82, 2.24) is 15.3 Å². The molecule has 2 N–H and O–H groups in total. The third-order valence-corrected chi connectivity index (χ3v) is 3.87. The van der Waals surface area contributed by atoms with E-state index in [0.717, 1.165) is 49.2 Å². The summed E-state index contributed by atoms with van der Waals surface area (Å²) < 4.78 is 0. The van der Waals surface area contributed by atoms with Crippen LogP contribution < -0.4 is 5.32 Å². The molecule has 0 amide bonds. The van der Waals surface area contributed by atoms with Crippen LogP contribution in [0.3, 0.4) is 0 Å². The van der Waals surface area contributed by atoms with Gasteiger partial charge in [0.1, 0.15) is 5.82 Å². The fourth-order valence-corrected chi connectivity index (χ4v) is 2.69. The topological polar surface area (TPSA) is 40.7 Å². The zero-order valence-corrected chi connectivity index (χ0v) is 12.9. The van der Waals surface area contributed by atoms with Crippen molar-refractivity contribution in [3.8, 4) is 0 Å². The van der Waals surface area contributed by atoms with Gasteiger partial charge in [0.25, 0.3) is 0 Å². The molecule has 1 heterocycles. The smallest absolute Gasteiger partial charge is 0.107 e. The number of rotatable bonds is 8. The lowest BCUT2D eigenvalue weighted by Crippen LogP contribution is -2.17. The maximum atomic E-state index is 4.60. The Labute approximate surface area is 131 Å². The zero-order valence-electron chi connectivity index (χ0n) is 12.9. The maximum absolute atomic E-state index is 4.60. The molecule has 0 fully saturated rings. The summed E-state index contributed by atoms with van der Waals surface area (Å²) in [7, 11) is 0. The molecule has 0 bridgehead atoms. The average molecular weight is 293 g/mol. The highest BCUT2D eigenvalue weighted by Gasteiger charge is 2.01. The predicted molar refractivity (Wildman–Crippen MR) is 92.0 cm³/mol. The van der Waals surface area contributed by atoms with Crippen LogP contribution in [0.2, 0.25) is 0 Å². The molecular weight excluding hydrogens is 270 g/mol. The molecule has 0 saturated heterocycles. The van der Waals surface area contributed by atoms with Gasteiger partial charge in [-0.15, -0.1) is 0 Å². The summed E-state index contributed by atoms with van der Waals surface area (Å²) in [5.41, 5.74) is 3.62. The van der Waals surface area contributed by atoms with Crippen molar-refractivity contribution in [1.29, 1.82) is 0 Å². The highest BCUT2D eigenvalue weighted by atomic mass is 14.9. The van der Waals surface area contributed by atoms with E-state index in [2.05, 4.69) is 57.7 Å². The number of H-pyrrole nitrogens is 1. The van der Waals surface area contributed by atoms with Crippen LogP contribution in [-0.2, 0) is 12.8 Å². The predicted octanol–water partition coefficient (Wildman–Crippen LogP) is 3.72. The van der Waals surface area contributed by atoms with Gasteiger partial charge in [-0.1, -0.05) is 42.5 Å². The number of fused-ring (bicyclic) bond motifs is 1. The Bertz CT molecular complexity index is 655. The number of nitrogens with one attached hydrogen (secondary N) is 2. The number of benzene rings is 2. The van der Waals surface area contributed by atoms with Gasteiger partial charge in [-0.05, 0) is 50.0 Å². The molecule has 0 aliphatic carbocycles. The molecule has 0 unspecified atom stereocenters. The quantitative estimate of drug-likeness (QED) is 0.621. The molecule has 1 aromatic heterocycles. The Morgan fingerprint density at radius 3 is 2.36 bits per heavy atom. The van der Waals surface area contributed by atoms with Crippen LogP contribution in [0, 0.1) is 0 Å². The molecule has 2 aromatic carbocycles. The van der Waals surface area contributed by atoms with Gasteiger partial charge in [-0.2, -0.15) is 0 Å². The van der Waals surface area contributed by atoms with Gasteiger partial charge >= 0.3 is 0 Å². The fourth-order valence-electron chi connectivity index (χ4n) is 2.69. The van der Waals surface area contributed by atoms with Crippen LogP contribution in [0.5, 0.6) is 0 Å². The monoisotopic (exact) mass is 293 g/mol. The number of para-hydroxylation sites is 2. The van der Waals surface area contributed by atoms with Gasteiger partial charge in [-0.25, -0.2) is 4.98 Å². The third-order valence-electron chi connectivity index (χ3n) is 3.87. The summed E-state index contributed by atoms with van der Waals surface area (Å²) in [5.74, 6) is 1.09. The molecule has 114 valence electrons. The van der Waals surface area contributed by atoms with E-state index < -0.39 is 0 Å². The molecule has 3 heteroatoms. The molecule has 0 aliphatic heterocycles. The number of hydrogen-bond acceptors (Lipinski definition) is 2. The van der Waals surface area contributed by atoms with Gasteiger partial charge < -0.3 is 10.3 Å². The van der Waals surface area contributed by atoms with Crippen molar-refractivity contribution in [3.63, 3.8) is 0 Å². The van der Waals surface area contributed by atoms with Gasteiger partial charge in [-0.3, -0.25) is 0 Å². The van der Waals surface area contributed by atoms with Gasteiger partial charge in [0.15, 0.2) is 0 Å². The first-order chi connectivity index (χ1) is 10.9. The second-order valence-electron chi connectivity index (χ2n) is 5.64.